The predicted octanol–water partition coefficient (Wildman–Crippen LogP) is 2.51. The fraction of sp³-hybridized carbons (Fsp3) is 0.357. The summed E-state index contributed by atoms with van der Waals surface area (Å²) >= 11 is 6.06. The highest BCUT2D eigenvalue weighted by Crippen LogP contribution is 2.29. The van der Waals surface area contributed by atoms with Crippen LogP contribution >= 0.6 is 11.6 Å². The summed E-state index contributed by atoms with van der Waals surface area (Å²) < 4.78 is 23.6. The van der Waals surface area contributed by atoms with Crippen molar-refractivity contribution < 1.29 is 8.42 Å². The van der Waals surface area contributed by atoms with Crippen molar-refractivity contribution >= 4 is 38.0 Å². The highest BCUT2D eigenvalue weighted by Gasteiger charge is 2.30. The standard InChI is InChI=1S/C14H15ClN2O2S/c1-10-9-17(6-7-20(10,18)19)14-4-5-16-13-3-2-11(15)8-12(13)14/h2-5,8,10H,6-7,9H2,1H3/t10-/m0/s1. The Morgan fingerprint density at radius 1 is 1.35 bits per heavy atom. The summed E-state index contributed by atoms with van der Waals surface area (Å²) in [6, 6.07) is 7.49. The van der Waals surface area contributed by atoms with E-state index in [1.807, 2.05) is 24.3 Å². The average molecular weight is 311 g/mol. The van der Waals surface area contributed by atoms with Crippen LogP contribution in [0.5, 0.6) is 0 Å². The van der Waals surface area contributed by atoms with Gasteiger partial charge in [-0.1, -0.05) is 11.6 Å². The van der Waals surface area contributed by atoms with E-state index >= 15 is 0 Å². The number of hydrogen-bond acceptors (Lipinski definition) is 4. The van der Waals surface area contributed by atoms with Gasteiger partial charge in [0.2, 0.25) is 0 Å². The van der Waals surface area contributed by atoms with E-state index in [9.17, 15) is 8.42 Å². The second kappa shape index (κ2) is 4.90. The number of sulfone groups is 1. The second-order valence-electron chi connectivity index (χ2n) is 5.12. The lowest BCUT2D eigenvalue weighted by atomic mass is 10.1. The summed E-state index contributed by atoms with van der Waals surface area (Å²) in [7, 11) is -2.95. The molecular weight excluding hydrogens is 296 g/mol. The molecule has 20 heavy (non-hydrogen) atoms. The highest BCUT2D eigenvalue weighted by atomic mass is 35.5. The summed E-state index contributed by atoms with van der Waals surface area (Å²) in [5, 5.41) is 1.27. The first-order valence-electron chi connectivity index (χ1n) is 6.48. The van der Waals surface area contributed by atoms with Crippen molar-refractivity contribution in [1.29, 1.82) is 0 Å². The quantitative estimate of drug-likeness (QED) is 0.812. The van der Waals surface area contributed by atoms with E-state index in [2.05, 4.69) is 9.88 Å². The topological polar surface area (TPSA) is 50.3 Å². The maximum atomic E-state index is 11.8. The van der Waals surface area contributed by atoms with Gasteiger partial charge in [0.25, 0.3) is 0 Å². The van der Waals surface area contributed by atoms with Crippen LogP contribution in [0.1, 0.15) is 6.92 Å². The number of nitrogens with zero attached hydrogens (tertiary/aromatic N) is 2. The third-order valence-corrected chi connectivity index (χ3v) is 6.12. The Kier molecular flexibility index (Phi) is 3.34. The number of pyridine rings is 1. The first-order valence-corrected chi connectivity index (χ1v) is 8.57. The van der Waals surface area contributed by atoms with E-state index in [1.165, 1.54) is 0 Å². The number of halogens is 1. The Morgan fingerprint density at radius 2 is 2.15 bits per heavy atom. The van der Waals surface area contributed by atoms with E-state index in [4.69, 9.17) is 11.6 Å². The maximum absolute atomic E-state index is 11.8. The van der Waals surface area contributed by atoms with Crippen LogP contribution in [-0.2, 0) is 9.84 Å². The lowest BCUT2D eigenvalue weighted by Gasteiger charge is -2.33. The maximum Gasteiger partial charge on any atom is 0.156 e. The average Bonchev–Trinajstić information content (AvgIpc) is 2.41. The number of rotatable bonds is 1. The third kappa shape index (κ3) is 2.36. The van der Waals surface area contributed by atoms with Gasteiger partial charge in [0, 0.05) is 35.4 Å². The van der Waals surface area contributed by atoms with Crippen LogP contribution in [0.25, 0.3) is 10.9 Å². The number of anilines is 1. The number of aromatic nitrogens is 1. The molecule has 1 fully saturated rings. The number of fused-ring (bicyclic) bond motifs is 1. The smallest absolute Gasteiger partial charge is 0.156 e. The van der Waals surface area contributed by atoms with Gasteiger partial charge >= 0.3 is 0 Å². The summed E-state index contributed by atoms with van der Waals surface area (Å²) in [5.74, 6) is 0.193. The molecule has 2 heterocycles. The van der Waals surface area contributed by atoms with Gasteiger partial charge in [-0.15, -0.1) is 0 Å². The van der Waals surface area contributed by atoms with Gasteiger partial charge in [0.05, 0.1) is 16.5 Å². The lowest BCUT2D eigenvalue weighted by Crippen LogP contribution is -2.45. The minimum Gasteiger partial charge on any atom is -0.369 e. The molecule has 1 aromatic carbocycles. The molecule has 0 unspecified atom stereocenters. The number of benzene rings is 1. The van der Waals surface area contributed by atoms with Crippen molar-refractivity contribution in [3.8, 4) is 0 Å². The molecule has 106 valence electrons. The van der Waals surface area contributed by atoms with E-state index in [-0.39, 0.29) is 11.0 Å². The molecule has 0 amide bonds. The predicted molar refractivity (Wildman–Crippen MR) is 82.2 cm³/mol. The summed E-state index contributed by atoms with van der Waals surface area (Å²) in [6.07, 6.45) is 1.75. The molecule has 4 nitrogen and oxygen atoms in total. The zero-order valence-corrected chi connectivity index (χ0v) is 12.7. The molecule has 1 saturated heterocycles. The zero-order chi connectivity index (χ0) is 14.3. The second-order valence-corrected chi connectivity index (χ2v) is 8.09. The van der Waals surface area contributed by atoms with Gasteiger partial charge in [-0.05, 0) is 31.2 Å². The van der Waals surface area contributed by atoms with Crippen molar-refractivity contribution in [2.24, 2.45) is 0 Å². The summed E-state index contributed by atoms with van der Waals surface area (Å²) in [6.45, 7) is 2.78. The van der Waals surface area contributed by atoms with Gasteiger partial charge in [0.1, 0.15) is 0 Å². The first kappa shape index (κ1) is 13.6. The summed E-state index contributed by atoms with van der Waals surface area (Å²) in [4.78, 5) is 6.43. The molecule has 0 radical (unpaired) electrons. The summed E-state index contributed by atoms with van der Waals surface area (Å²) in [5.41, 5.74) is 1.87. The molecular formula is C14H15ClN2O2S. The van der Waals surface area contributed by atoms with Crippen molar-refractivity contribution in [3.63, 3.8) is 0 Å². The largest absolute Gasteiger partial charge is 0.369 e. The molecule has 1 aromatic heterocycles. The van der Waals surface area contributed by atoms with Gasteiger partial charge in [-0.25, -0.2) is 8.42 Å². The molecule has 0 spiro atoms. The molecule has 1 aliphatic heterocycles. The van der Waals surface area contributed by atoms with Crippen LogP contribution in [0.3, 0.4) is 0 Å². The molecule has 1 atom stereocenters. The van der Waals surface area contributed by atoms with Crippen LogP contribution < -0.4 is 4.90 Å². The van der Waals surface area contributed by atoms with Crippen LogP contribution in [0.2, 0.25) is 5.02 Å². The minimum atomic E-state index is -2.95. The Labute approximate surface area is 123 Å². The van der Waals surface area contributed by atoms with Gasteiger partial charge in [0.15, 0.2) is 9.84 Å². The van der Waals surface area contributed by atoms with Gasteiger partial charge in [-0.2, -0.15) is 0 Å². The van der Waals surface area contributed by atoms with Gasteiger partial charge in [-0.3, -0.25) is 4.98 Å². The zero-order valence-electron chi connectivity index (χ0n) is 11.1. The Balaban J connectivity index is 2.05. The van der Waals surface area contributed by atoms with E-state index < -0.39 is 9.84 Å². The van der Waals surface area contributed by atoms with Crippen molar-refractivity contribution in [2.45, 2.75) is 12.2 Å². The first-order chi connectivity index (χ1) is 9.47. The lowest BCUT2D eigenvalue weighted by molar-refractivity contribution is 0.569. The van der Waals surface area contributed by atoms with Gasteiger partial charge < -0.3 is 4.90 Å². The Morgan fingerprint density at radius 3 is 2.90 bits per heavy atom. The van der Waals surface area contributed by atoms with Crippen LogP contribution in [0, 0.1) is 0 Å². The SMILES string of the molecule is C[C@H]1CN(c2ccnc3ccc(Cl)cc23)CCS1(=O)=O. The van der Waals surface area contributed by atoms with E-state index in [0.29, 0.717) is 18.1 Å². The molecule has 1 aliphatic rings. The molecule has 3 rings (SSSR count). The normalized spacial score (nSPS) is 22.1. The number of hydrogen-bond donors (Lipinski definition) is 0. The highest BCUT2D eigenvalue weighted by molar-refractivity contribution is 7.92. The van der Waals surface area contributed by atoms with Crippen molar-refractivity contribution in [3.05, 3.63) is 35.5 Å². The van der Waals surface area contributed by atoms with Crippen LogP contribution in [0.4, 0.5) is 5.69 Å². The fourth-order valence-corrected chi connectivity index (χ4v) is 4.01. The molecule has 2 aromatic rings. The minimum absolute atomic E-state index is 0.193. The molecule has 0 aliphatic carbocycles. The molecule has 0 bridgehead atoms. The molecule has 6 heteroatoms. The molecule has 0 saturated carbocycles. The van der Waals surface area contributed by atoms with Crippen LogP contribution in [-0.4, -0.2) is 37.5 Å². The fourth-order valence-electron chi connectivity index (χ4n) is 2.55. The van der Waals surface area contributed by atoms with E-state index in [0.717, 1.165) is 16.6 Å². The van der Waals surface area contributed by atoms with Crippen molar-refractivity contribution in [1.82, 2.24) is 4.98 Å². The van der Waals surface area contributed by atoms with Crippen molar-refractivity contribution in [2.75, 3.05) is 23.7 Å². The monoisotopic (exact) mass is 310 g/mol. The Hall–Kier alpha value is -1.33. The third-order valence-electron chi connectivity index (χ3n) is 3.76. The Bertz CT molecular complexity index is 761. The van der Waals surface area contributed by atoms with E-state index in [1.54, 1.807) is 13.1 Å². The molecule has 0 N–H and O–H groups in total. The van der Waals surface area contributed by atoms with Crippen LogP contribution in [0.15, 0.2) is 30.5 Å².